The summed E-state index contributed by atoms with van der Waals surface area (Å²) in [6.45, 7) is 5.10. The minimum atomic E-state index is -4.52. The number of hydrogen-bond acceptors (Lipinski definition) is 7. The number of carbonyl (C=O) groups is 1. The Kier molecular flexibility index (Phi) is 35.0. The molecule has 0 saturated carbocycles. The van der Waals surface area contributed by atoms with E-state index >= 15 is 0 Å². The topological polar surface area (TPSA) is 94.1 Å². The van der Waals surface area contributed by atoms with Gasteiger partial charge in [0.15, 0.2) is 0 Å². The SMILES string of the molecule is CC/C=C\C/C=C\C/C=C\C/C=C\C/C=C\C/C=C\C/C=C\CCCCCCOCC(COP(=O)([O-])OCC[N+](C)(C)C)OC(=O)CCCCCCC. The molecule has 0 aromatic heterocycles. The van der Waals surface area contributed by atoms with Crippen molar-refractivity contribution < 1.29 is 37.3 Å². The van der Waals surface area contributed by atoms with E-state index in [-0.39, 0.29) is 25.8 Å². The van der Waals surface area contributed by atoms with Crippen LogP contribution in [0.5, 0.6) is 0 Å². The van der Waals surface area contributed by atoms with E-state index in [1.54, 1.807) is 0 Å². The van der Waals surface area contributed by atoms with Crippen LogP contribution in [0.15, 0.2) is 85.1 Å². The van der Waals surface area contributed by atoms with E-state index in [0.717, 1.165) is 109 Å². The number of phosphoric ester groups is 1. The molecule has 0 spiro atoms. The lowest BCUT2D eigenvalue weighted by atomic mass is 10.1. The van der Waals surface area contributed by atoms with Crippen LogP contribution in [0.3, 0.4) is 0 Å². The van der Waals surface area contributed by atoms with Crippen molar-refractivity contribution >= 4 is 13.8 Å². The number of likely N-dealkylation sites (N-methyl/N-ethyl adjacent to an activating group) is 1. The number of unbranched alkanes of at least 4 members (excludes halogenated alkanes) is 8. The van der Waals surface area contributed by atoms with Crippen LogP contribution < -0.4 is 4.89 Å². The van der Waals surface area contributed by atoms with Crippen LogP contribution in [0.1, 0.15) is 129 Å². The first-order valence-corrected chi connectivity index (χ1v) is 21.8. The van der Waals surface area contributed by atoms with Gasteiger partial charge in [-0.3, -0.25) is 9.36 Å². The molecule has 0 fully saturated rings. The maximum atomic E-state index is 12.4. The maximum Gasteiger partial charge on any atom is 0.306 e. The Labute approximate surface area is 325 Å². The van der Waals surface area contributed by atoms with E-state index in [0.29, 0.717) is 24.1 Å². The first-order chi connectivity index (χ1) is 25.6. The van der Waals surface area contributed by atoms with Crippen molar-refractivity contribution in [3.8, 4) is 0 Å². The van der Waals surface area contributed by atoms with Crippen LogP contribution >= 0.6 is 7.82 Å². The van der Waals surface area contributed by atoms with E-state index in [2.05, 4.69) is 98.9 Å². The van der Waals surface area contributed by atoms with E-state index in [9.17, 15) is 14.3 Å². The minimum absolute atomic E-state index is 0.0161. The molecule has 0 saturated heterocycles. The molecule has 0 bridgehead atoms. The molecule has 2 atom stereocenters. The summed E-state index contributed by atoms with van der Waals surface area (Å²) in [5.74, 6) is -0.362. The van der Waals surface area contributed by atoms with E-state index in [1.807, 2.05) is 21.1 Å². The highest BCUT2D eigenvalue weighted by Gasteiger charge is 2.20. The van der Waals surface area contributed by atoms with Crippen LogP contribution in [0.2, 0.25) is 0 Å². The molecule has 9 heteroatoms. The third-order valence-corrected chi connectivity index (χ3v) is 8.93. The van der Waals surface area contributed by atoms with E-state index in [4.69, 9.17) is 18.5 Å². The van der Waals surface area contributed by atoms with Crippen LogP contribution in [0, 0.1) is 0 Å². The number of ether oxygens (including phenoxy) is 2. The smallest absolute Gasteiger partial charge is 0.306 e. The summed E-state index contributed by atoms with van der Waals surface area (Å²) >= 11 is 0. The quantitative estimate of drug-likeness (QED) is 0.0206. The van der Waals surface area contributed by atoms with Crippen LogP contribution in [0.25, 0.3) is 0 Å². The number of quaternary nitrogens is 1. The number of nitrogens with zero attached hydrogens (tertiary/aromatic N) is 1. The summed E-state index contributed by atoms with van der Waals surface area (Å²) < 4.78 is 34.2. The van der Waals surface area contributed by atoms with Gasteiger partial charge in [-0.15, -0.1) is 0 Å². The molecular weight excluding hydrogens is 685 g/mol. The van der Waals surface area contributed by atoms with Gasteiger partial charge in [-0.25, -0.2) is 0 Å². The van der Waals surface area contributed by atoms with Gasteiger partial charge in [-0.2, -0.15) is 0 Å². The number of esters is 1. The van der Waals surface area contributed by atoms with Gasteiger partial charge in [-0.05, 0) is 70.6 Å². The lowest BCUT2D eigenvalue weighted by Crippen LogP contribution is -2.37. The fourth-order valence-electron chi connectivity index (χ4n) is 4.82. The fourth-order valence-corrected chi connectivity index (χ4v) is 5.55. The van der Waals surface area contributed by atoms with Crippen LogP contribution in [-0.2, 0) is 27.9 Å². The molecule has 8 nitrogen and oxygen atoms in total. The van der Waals surface area contributed by atoms with Gasteiger partial charge >= 0.3 is 5.97 Å². The molecule has 2 unspecified atom stereocenters. The first-order valence-electron chi connectivity index (χ1n) is 20.3. The molecule has 53 heavy (non-hydrogen) atoms. The second-order valence-electron chi connectivity index (χ2n) is 14.3. The Morgan fingerprint density at radius 1 is 0.604 bits per heavy atom. The van der Waals surface area contributed by atoms with Crippen molar-refractivity contribution in [2.75, 3.05) is 54.1 Å². The zero-order valence-electron chi connectivity index (χ0n) is 34.2. The number of hydrogen-bond donors (Lipinski definition) is 0. The first kappa shape index (κ1) is 50.7. The Hall–Kier alpha value is -2.32. The lowest BCUT2D eigenvalue weighted by Gasteiger charge is -2.28. The normalized spacial score (nSPS) is 14.8. The third-order valence-electron chi connectivity index (χ3n) is 7.96. The molecule has 0 aromatic rings. The molecule has 0 aliphatic heterocycles. The maximum absolute atomic E-state index is 12.4. The predicted molar refractivity (Wildman–Crippen MR) is 222 cm³/mol. The van der Waals surface area contributed by atoms with Crippen molar-refractivity contribution in [3.63, 3.8) is 0 Å². The van der Waals surface area contributed by atoms with Crippen LogP contribution in [-0.4, -0.2) is 70.7 Å². The summed E-state index contributed by atoms with van der Waals surface area (Å²) in [6, 6.07) is 0. The van der Waals surface area contributed by atoms with Gasteiger partial charge in [0.25, 0.3) is 7.82 Å². The van der Waals surface area contributed by atoms with Crippen molar-refractivity contribution in [3.05, 3.63) is 85.1 Å². The summed E-state index contributed by atoms with van der Waals surface area (Å²) in [5, 5.41) is 0. The van der Waals surface area contributed by atoms with Gasteiger partial charge in [-0.1, -0.05) is 137 Å². The second kappa shape index (κ2) is 36.6. The molecular formula is C44H76NO7P. The molecule has 0 rings (SSSR count). The molecule has 0 aliphatic carbocycles. The molecule has 0 heterocycles. The Morgan fingerprint density at radius 3 is 1.62 bits per heavy atom. The van der Waals surface area contributed by atoms with Gasteiger partial charge in [0.1, 0.15) is 19.3 Å². The van der Waals surface area contributed by atoms with Gasteiger partial charge < -0.3 is 27.9 Å². The van der Waals surface area contributed by atoms with Crippen molar-refractivity contribution in [1.82, 2.24) is 0 Å². The summed E-state index contributed by atoms with van der Waals surface area (Å²) in [5.41, 5.74) is 0. The van der Waals surface area contributed by atoms with Crippen molar-refractivity contribution in [1.29, 1.82) is 0 Å². The highest BCUT2D eigenvalue weighted by Crippen LogP contribution is 2.38. The monoisotopic (exact) mass is 762 g/mol. The molecule has 0 aromatic carbocycles. The minimum Gasteiger partial charge on any atom is -0.756 e. The largest absolute Gasteiger partial charge is 0.756 e. The standard InChI is InChI=1S/C44H76NO7P/c1-6-8-10-12-13-14-15-16-17-18-19-20-21-22-23-24-25-26-27-28-29-30-31-32-34-36-39-49-41-43(52-44(46)37-35-33-11-9-7-2)42-51-53(47,48)50-40-38-45(3,4)5/h8,10,13-14,16-17,19-20,22-23,25-26,28-29,43H,6-7,9,11-12,15,18,21,24,27,30-42H2,1-5H3/b10-8-,14-13-,17-16-,20-19-,23-22-,26-25-,29-28-. The summed E-state index contributed by atoms with van der Waals surface area (Å²) in [7, 11) is 1.32. The second-order valence-corrected chi connectivity index (χ2v) is 15.7. The predicted octanol–water partition coefficient (Wildman–Crippen LogP) is 11.1. The van der Waals surface area contributed by atoms with Gasteiger partial charge in [0, 0.05) is 13.0 Å². The average molecular weight is 762 g/mol. The number of phosphoric acid groups is 1. The molecule has 0 N–H and O–H groups in total. The van der Waals surface area contributed by atoms with Crippen molar-refractivity contribution in [2.24, 2.45) is 0 Å². The van der Waals surface area contributed by atoms with E-state index < -0.39 is 13.9 Å². The fraction of sp³-hybridized carbons (Fsp3) is 0.659. The lowest BCUT2D eigenvalue weighted by molar-refractivity contribution is -0.870. The Morgan fingerprint density at radius 2 is 1.09 bits per heavy atom. The summed E-state index contributed by atoms with van der Waals surface area (Å²) in [6.07, 6.45) is 47.9. The number of allylic oxidation sites excluding steroid dienone is 14. The summed E-state index contributed by atoms with van der Waals surface area (Å²) in [4.78, 5) is 24.7. The highest BCUT2D eigenvalue weighted by molar-refractivity contribution is 7.45. The highest BCUT2D eigenvalue weighted by atomic mass is 31.2. The number of rotatable bonds is 36. The Bertz CT molecular complexity index is 1120. The zero-order chi connectivity index (χ0) is 39.1. The third kappa shape index (κ3) is 40.7. The van der Waals surface area contributed by atoms with Crippen LogP contribution in [0.4, 0.5) is 0 Å². The Balaban J connectivity index is 4.11. The molecule has 0 aliphatic rings. The average Bonchev–Trinajstić information content (AvgIpc) is 3.11. The molecule has 304 valence electrons. The molecule has 0 amide bonds. The number of carbonyl (C=O) groups excluding carboxylic acids is 1. The van der Waals surface area contributed by atoms with E-state index in [1.165, 1.54) is 0 Å². The molecule has 0 radical (unpaired) electrons. The van der Waals surface area contributed by atoms with Gasteiger partial charge in [0.2, 0.25) is 0 Å². The van der Waals surface area contributed by atoms with Crippen molar-refractivity contribution in [2.45, 2.75) is 136 Å². The zero-order valence-corrected chi connectivity index (χ0v) is 35.1. The van der Waals surface area contributed by atoms with Gasteiger partial charge in [0.05, 0.1) is 34.4 Å².